The van der Waals surface area contributed by atoms with Crippen LogP contribution < -0.4 is 10.6 Å². The van der Waals surface area contributed by atoms with Crippen LogP contribution >= 0.6 is 11.3 Å². The maximum atomic E-state index is 11.9. The predicted molar refractivity (Wildman–Crippen MR) is 78.8 cm³/mol. The van der Waals surface area contributed by atoms with Crippen LogP contribution in [0.4, 0.5) is 0 Å². The first-order valence-corrected chi connectivity index (χ1v) is 7.04. The van der Waals surface area contributed by atoms with Crippen molar-refractivity contribution in [3.8, 4) is 0 Å². The Kier molecular flexibility index (Phi) is 4.40. The van der Waals surface area contributed by atoms with Crippen LogP contribution in [0.1, 0.15) is 60.9 Å². The van der Waals surface area contributed by atoms with Gasteiger partial charge in [0.25, 0.3) is 11.8 Å². The third kappa shape index (κ3) is 5.42. The minimum Gasteiger partial charge on any atom is -0.347 e. The first kappa shape index (κ1) is 15.7. The summed E-state index contributed by atoms with van der Waals surface area (Å²) in [5.41, 5.74) is -0.566. The van der Waals surface area contributed by atoms with Gasteiger partial charge in [-0.05, 0) is 53.7 Å². The molecule has 2 amide bonds. The molecule has 1 aromatic rings. The summed E-state index contributed by atoms with van der Waals surface area (Å²) in [5, 5.41) is 5.75. The Morgan fingerprint density at radius 1 is 0.842 bits per heavy atom. The van der Waals surface area contributed by atoms with Crippen molar-refractivity contribution in [3.63, 3.8) is 0 Å². The zero-order valence-corrected chi connectivity index (χ0v) is 13.2. The molecular weight excluding hydrogens is 260 g/mol. The smallest absolute Gasteiger partial charge is 0.261 e. The van der Waals surface area contributed by atoms with E-state index >= 15 is 0 Å². The highest BCUT2D eigenvalue weighted by Gasteiger charge is 2.20. The Bertz CT molecular complexity index is 436. The van der Waals surface area contributed by atoms with Crippen LogP contribution in [-0.4, -0.2) is 22.9 Å². The molecule has 0 fully saturated rings. The standard InChI is InChI=1S/C14H22N2O2S/c1-13(2,3)15-11(17)9-7-8-10(19-9)12(18)16-14(4,5)6/h7-8H,1-6H3,(H,15,17)(H,16,18). The highest BCUT2D eigenvalue weighted by molar-refractivity contribution is 7.15. The molecule has 0 aliphatic heterocycles. The summed E-state index contributed by atoms with van der Waals surface area (Å²) in [6, 6.07) is 3.37. The summed E-state index contributed by atoms with van der Waals surface area (Å²) in [6.45, 7) is 11.5. The number of rotatable bonds is 2. The lowest BCUT2D eigenvalue weighted by Gasteiger charge is -2.20. The highest BCUT2D eigenvalue weighted by atomic mass is 32.1. The maximum Gasteiger partial charge on any atom is 0.261 e. The Morgan fingerprint density at radius 3 is 1.42 bits per heavy atom. The summed E-state index contributed by atoms with van der Waals surface area (Å²) in [6.07, 6.45) is 0. The number of carbonyl (C=O) groups excluding carboxylic acids is 2. The SMILES string of the molecule is CC(C)(C)NC(=O)c1ccc(C(=O)NC(C)(C)C)s1. The van der Waals surface area contributed by atoms with E-state index in [1.807, 2.05) is 41.5 Å². The van der Waals surface area contributed by atoms with Crippen molar-refractivity contribution in [2.24, 2.45) is 0 Å². The molecule has 0 bridgehead atoms. The summed E-state index contributed by atoms with van der Waals surface area (Å²) >= 11 is 1.21. The number of thiophene rings is 1. The second-order valence-corrected chi connectivity index (χ2v) is 7.66. The van der Waals surface area contributed by atoms with E-state index < -0.39 is 0 Å². The molecule has 2 N–H and O–H groups in total. The van der Waals surface area contributed by atoms with E-state index in [1.165, 1.54) is 11.3 Å². The second kappa shape index (κ2) is 5.33. The first-order chi connectivity index (χ1) is 8.48. The van der Waals surface area contributed by atoms with E-state index in [-0.39, 0.29) is 22.9 Å². The van der Waals surface area contributed by atoms with Gasteiger partial charge in [-0.15, -0.1) is 11.3 Å². The lowest BCUT2D eigenvalue weighted by atomic mass is 10.1. The van der Waals surface area contributed by atoms with Gasteiger partial charge in [0.05, 0.1) is 9.75 Å². The van der Waals surface area contributed by atoms with E-state index in [0.717, 1.165) is 0 Å². The zero-order valence-electron chi connectivity index (χ0n) is 12.4. The molecule has 19 heavy (non-hydrogen) atoms. The maximum absolute atomic E-state index is 11.9. The van der Waals surface area contributed by atoms with Crippen LogP contribution in [0, 0.1) is 0 Å². The van der Waals surface area contributed by atoms with Crippen LogP contribution in [0.25, 0.3) is 0 Å². The van der Waals surface area contributed by atoms with E-state index in [2.05, 4.69) is 10.6 Å². The molecule has 0 atom stereocenters. The molecular formula is C14H22N2O2S. The molecule has 0 radical (unpaired) electrons. The van der Waals surface area contributed by atoms with E-state index in [1.54, 1.807) is 12.1 Å². The largest absolute Gasteiger partial charge is 0.347 e. The van der Waals surface area contributed by atoms with Crippen LogP contribution in [0.15, 0.2) is 12.1 Å². The topological polar surface area (TPSA) is 58.2 Å². The van der Waals surface area contributed by atoms with Gasteiger partial charge in [0, 0.05) is 11.1 Å². The van der Waals surface area contributed by atoms with E-state index in [0.29, 0.717) is 9.75 Å². The number of hydrogen-bond acceptors (Lipinski definition) is 3. The van der Waals surface area contributed by atoms with Crippen LogP contribution in [0.5, 0.6) is 0 Å². The fourth-order valence-electron chi connectivity index (χ4n) is 1.39. The normalized spacial score (nSPS) is 12.1. The molecule has 0 aromatic carbocycles. The van der Waals surface area contributed by atoms with Crippen molar-refractivity contribution in [2.45, 2.75) is 52.6 Å². The molecule has 1 aromatic heterocycles. The molecule has 5 heteroatoms. The van der Waals surface area contributed by atoms with Crippen molar-refractivity contribution < 1.29 is 9.59 Å². The molecule has 4 nitrogen and oxygen atoms in total. The van der Waals surface area contributed by atoms with Gasteiger partial charge in [0.15, 0.2) is 0 Å². The van der Waals surface area contributed by atoms with Crippen LogP contribution in [0.3, 0.4) is 0 Å². The number of amides is 2. The van der Waals surface area contributed by atoms with Crippen molar-refractivity contribution >= 4 is 23.2 Å². The average Bonchev–Trinajstić information content (AvgIpc) is 2.60. The van der Waals surface area contributed by atoms with Gasteiger partial charge < -0.3 is 10.6 Å². The molecule has 0 spiro atoms. The summed E-state index contributed by atoms with van der Waals surface area (Å²) in [4.78, 5) is 25.0. The van der Waals surface area contributed by atoms with Crippen molar-refractivity contribution in [1.29, 1.82) is 0 Å². The van der Waals surface area contributed by atoms with Gasteiger partial charge >= 0.3 is 0 Å². The van der Waals surface area contributed by atoms with Crippen molar-refractivity contribution in [1.82, 2.24) is 10.6 Å². The highest BCUT2D eigenvalue weighted by Crippen LogP contribution is 2.18. The van der Waals surface area contributed by atoms with Gasteiger partial charge in [0.1, 0.15) is 0 Å². The molecule has 1 heterocycles. The predicted octanol–water partition coefficient (Wildman–Crippen LogP) is 2.80. The van der Waals surface area contributed by atoms with Gasteiger partial charge in [0.2, 0.25) is 0 Å². The Labute approximate surface area is 118 Å². The molecule has 0 saturated carbocycles. The summed E-state index contributed by atoms with van der Waals surface area (Å²) in [5.74, 6) is -0.292. The summed E-state index contributed by atoms with van der Waals surface area (Å²) in [7, 11) is 0. The van der Waals surface area contributed by atoms with Gasteiger partial charge in [-0.2, -0.15) is 0 Å². The Balaban J connectivity index is 2.77. The monoisotopic (exact) mass is 282 g/mol. The fraction of sp³-hybridized carbons (Fsp3) is 0.571. The number of nitrogens with one attached hydrogen (secondary N) is 2. The van der Waals surface area contributed by atoms with E-state index in [9.17, 15) is 9.59 Å². The van der Waals surface area contributed by atoms with Crippen LogP contribution in [0.2, 0.25) is 0 Å². The van der Waals surface area contributed by atoms with Gasteiger partial charge in [-0.25, -0.2) is 0 Å². The molecule has 0 unspecified atom stereocenters. The second-order valence-electron chi connectivity index (χ2n) is 6.57. The third-order valence-electron chi connectivity index (χ3n) is 2.03. The minimum absolute atomic E-state index is 0.146. The zero-order chi connectivity index (χ0) is 14.8. The van der Waals surface area contributed by atoms with Crippen LogP contribution in [-0.2, 0) is 0 Å². The Hall–Kier alpha value is -1.36. The quantitative estimate of drug-likeness (QED) is 0.876. The molecule has 106 valence electrons. The third-order valence-corrected chi connectivity index (χ3v) is 3.11. The molecule has 0 saturated heterocycles. The van der Waals surface area contributed by atoms with E-state index in [4.69, 9.17) is 0 Å². The lowest BCUT2D eigenvalue weighted by molar-refractivity contribution is 0.0915. The molecule has 0 aliphatic carbocycles. The summed E-state index contributed by atoms with van der Waals surface area (Å²) < 4.78 is 0. The minimum atomic E-state index is -0.283. The lowest BCUT2D eigenvalue weighted by Crippen LogP contribution is -2.40. The molecule has 1 rings (SSSR count). The Morgan fingerprint density at radius 2 is 1.16 bits per heavy atom. The number of carbonyl (C=O) groups is 2. The van der Waals surface area contributed by atoms with Crippen molar-refractivity contribution in [2.75, 3.05) is 0 Å². The average molecular weight is 282 g/mol. The van der Waals surface area contributed by atoms with Gasteiger partial charge in [-0.3, -0.25) is 9.59 Å². The van der Waals surface area contributed by atoms with Gasteiger partial charge in [-0.1, -0.05) is 0 Å². The van der Waals surface area contributed by atoms with Crippen molar-refractivity contribution in [3.05, 3.63) is 21.9 Å². The molecule has 0 aliphatic rings. The number of hydrogen-bond donors (Lipinski definition) is 2. The fourth-order valence-corrected chi connectivity index (χ4v) is 2.18. The first-order valence-electron chi connectivity index (χ1n) is 6.23.